The second-order valence-electron chi connectivity index (χ2n) is 6.65. The number of ether oxygens (including phenoxy) is 1. The van der Waals surface area contributed by atoms with Crippen LogP contribution >= 0.6 is 0 Å². The molecule has 0 heterocycles. The van der Waals surface area contributed by atoms with Gasteiger partial charge in [-0.2, -0.15) is 13.2 Å². The van der Waals surface area contributed by atoms with E-state index in [9.17, 15) is 18.3 Å². The first kappa shape index (κ1) is 17.8. The van der Waals surface area contributed by atoms with Crippen LogP contribution in [0.2, 0.25) is 0 Å². The quantitative estimate of drug-likeness (QED) is 0.821. The molecule has 2 aromatic carbocycles. The number of rotatable bonds is 4. The molecule has 1 saturated carbocycles. The zero-order chi connectivity index (χ0) is 17.9. The highest BCUT2D eigenvalue weighted by Crippen LogP contribution is 2.45. The van der Waals surface area contributed by atoms with Crippen LogP contribution in [0.25, 0.3) is 0 Å². The number of benzene rings is 2. The smallest absolute Gasteiger partial charge is 0.391 e. The van der Waals surface area contributed by atoms with E-state index in [2.05, 4.69) is 0 Å². The van der Waals surface area contributed by atoms with Crippen molar-refractivity contribution in [3.8, 4) is 5.75 Å². The fourth-order valence-electron chi connectivity index (χ4n) is 3.31. The van der Waals surface area contributed by atoms with Crippen LogP contribution in [-0.4, -0.2) is 11.3 Å². The van der Waals surface area contributed by atoms with Crippen molar-refractivity contribution < 1.29 is 23.0 Å². The van der Waals surface area contributed by atoms with E-state index in [4.69, 9.17) is 4.74 Å². The Morgan fingerprint density at radius 1 is 0.960 bits per heavy atom. The first-order valence-corrected chi connectivity index (χ1v) is 8.43. The van der Waals surface area contributed by atoms with E-state index in [0.717, 1.165) is 5.56 Å². The summed E-state index contributed by atoms with van der Waals surface area (Å²) in [6, 6.07) is 16.8. The molecule has 3 rings (SSSR count). The summed E-state index contributed by atoms with van der Waals surface area (Å²) in [5, 5.41) is 10.7. The third kappa shape index (κ3) is 4.34. The maximum atomic E-state index is 12.8. The molecule has 0 aliphatic heterocycles. The van der Waals surface area contributed by atoms with Gasteiger partial charge in [-0.15, -0.1) is 0 Å². The first-order chi connectivity index (χ1) is 11.9. The molecule has 0 amide bonds. The predicted molar refractivity (Wildman–Crippen MR) is 89.1 cm³/mol. The Morgan fingerprint density at radius 2 is 1.56 bits per heavy atom. The number of hydrogen-bond acceptors (Lipinski definition) is 2. The average Bonchev–Trinajstić information content (AvgIpc) is 2.61. The molecule has 0 bridgehead atoms. The summed E-state index contributed by atoms with van der Waals surface area (Å²) in [5.74, 6) is -0.638. The van der Waals surface area contributed by atoms with E-state index >= 15 is 0 Å². The number of halogens is 3. The Morgan fingerprint density at radius 3 is 2.12 bits per heavy atom. The molecule has 0 spiro atoms. The molecule has 0 saturated heterocycles. The molecule has 25 heavy (non-hydrogen) atoms. The van der Waals surface area contributed by atoms with Crippen molar-refractivity contribution >= 4 is 0 Å². The van der Waals surface area contributed by atoms with Gasteiger partial charge in [0.1, 0.15) is 12.4 Å². The van der Waals surface area contributed by atoms with Crippen molar-refractivity contribution in [2.24, 2.45) is 5.92 Å². The Hall–Kier alpha value is -2.01. The van der Waals surface area contributed by atoms with Gasteiger partial charge in [-0.25, -0.2) is 0 Å². The highest BCUT2D eigenvalue weighted by molar-refractivity contribution is 5.31. The number of hydrogen-bond donors (Lipinski definition) is 1. The second kappa shape index (κ2) is 7.08. The topological polar surface area (TPSA) is 29.5 Å². The van der Waals surface area contributed by atoms with Gasteiger partial charge in [-0.3, -0.25) is 0 Å². The van der Waals surface area contributed by atoms with Gasteiger partial charge >= 0.3 is 6.18 Å². The zero-order valence-corrected chi connectivity index (χ0v) is 13.8. The Bertz CT molecular complexity index is 672. The van der Waals surface area contributed by atoms with E-state index in [1.165, 1.54) is 0 Å². The maximum Gasteiger partial charge on any atom is 0.391 e. The maximum absolute atomic E-state index is 12.8. The highest BCUT2D eigenvalue weighted by Gasteiger charge is 2.45. The first-order valence-electron chi connectivity index (χ1n) is 8.43. The van der Waals surface area contributed by atoms with E-state index in [-0.39, 0.29) is 25.7 Å². The Kier molecular flexibility index (Phi) is 5.04. The monoisotopic (exact) mass is 350 g/mol. The van der Waals surface area contributed by atoms with Gasteiger partial charge in [0, 0.05) is 0 Å². The lowest BCUT2D eigenvalue weighted by molar-refractivity contribution is -0.193. The van der Waals surface area contributed by atoms with Crippen LogP contribution in [0.5, 0.6) is 5.75 Å². The molecule has 0 unspecified atom stereocenters. The van der Waals surface area contributed by atoms with E-state index in [1.807, 2.05) is 30.3 Å². The predicted octanol–water partition coefficient (Wildman–Crippen LogP) is 5.21. The normalized spacial score (nSPS) is 24.1. The molecule has 1 aliphatic carbocycles. The summed E-state index contributed by atoms with van der Waals surface area (Å²) in [4.78, 5) is 0. The summed E-state index contributed by atoms with van der Waals surface area (Å²) in [5.41, 5.74) is 0.524. The van der Waals surface area contributed by atoms with Crippen LogP contribution in [0.3, 0.4) is 0 Å². The molecular formula is C20H21F3O2. The molecule has 134 valence electrons. The van der Waals surface area contributed by atoms with Crippen LogP contribution in [0.4, 0.5) is 13.2 Å². The molecular weight excluding hydrogens is 329 g/mol. The van der Waals surface area contributed by atoms with Crippen molar-refractivity contribution in [1.29, 1.82) is 0 Å². The molecule has 2 aromatic rings. The zero-order valence-electron chi connectivity index (χ0n) is 13.8. The van der Waals surface area contributed by atoms with E-state index in [0.29, 0.717) is 17.9 Å². The minimum Gasteiger partial charge on any atom is -0.489 e. The van der Waals surface area contributed by atoms with Gasteiger partial charge in [0.15, 0.2) is 0 Å². The third-order valence-electron chi connectivity index (χ3n) is 4.92. The van der Waals surface area contributed by atoms with E-state index in [1.54, 1.807) is 24.3 Å². The Balaban J connectivity index is 1.60. The number of aliphatic hydroxyl groups is 1. The van der Waals surface area contributed by atoms with Gasteiger partial charge < -0.3 is 9.84 Å². The van der Waals surface area contributed by atoms with Crippen LogP contribution < -0.4 is 4.74 Å². The lowest BCUT2D eigenvalue weighted by Crippen LogP contribution is -2.36. The summed E-state index contributed by atoms with van der Waals surface area (Å²) in [6.07, 6.45) is -3.99. The summed E-state index contributed by atoms with van der Waals surface area (Å²) < 4.78 is 44.0. The molecule has 1 N–H and O–H groups in total. The van der Waals surface area contributed by atoms with Gasteiger partial charge in [0.25, 0.3) is 0 Å². The highest BCUT2D eigenvalue weighted by atomic mass is 19.4. The van der Waals surface area contributed by atoms with E-state index < -0.39 is 17.7 Å². The molecule has 5 heteroatoms. The van der Waals surface area contributed by atoms with Crippen molar-refractivity contribution in [2.75, 3.05) is 0 Å². The standard InChI is InChI=1S/C20H21F3O2/c21-20(22,23)17-10-12-19(24,13-11-17)16-6-8-18(9-7-16)25-14-15-4-2-1-3-5-15/h1-9,17,24H,10-14H2. The molecule has 0 radical (unpaired) electrons. The van der Waals surface area contributed by atoms with Crippen LogP contribution in [0, 0.1) is 5.92 Å². The Labute approximate surface area is 145 Å². The van der Waals surface area contributed by atoms with Gasteiger partial charge in [0.2, 0.25) is 0 Å². The second-order valence-corrected chi connectivity index (χ2v) is 6.65. The largest absolute Gasteiger partial charge is 0.489 e. The molecule has 2 nitrogen and oxygen atoms in total. The number of alkyl halides is 3. The van der Waals surface area contributed by atoms with Crippen LogP contribution in [0.15, 0.2) is 54.6 Å². The minimum atomic E-state index is -4.17. The molecule has 0 atom stereocenters. The van der Waals surface area contributed by atoms with Crippen molar-refractivity contribution in [2.45, 2.75) is 44.1 Å². The van der Waals surface area contributed by atoms with Crippen LogP contribution in [0.1, 0.15) is 36.8 Å². The minimum absolute atomic E-state index is 0.0355. The fourth-order valence-corrected chi connectivity index (χ4v) is 3.31. The fraction of sp³-hybridized carbons (Fsp3) is 0.400. The van der Waals surface area contributed by atoms with Crippen molar-refractivity contribution in [1.82, 2.24) is 0 Å². The van der Waals surface area contributed by atoms with Gasteiger partial charge in [-0.1, -0.05) is 42.5 Å². The SMILES string of the molecule is OC1(c2ccc(OCc3ccccc3)cc2)CCC(C(F)(F)F)CC1. The summed E-state index contributed by atoms with van der Waals surface area (Å²) in [6.45, 7) is 0.442. The molecule has 0 aromatic heterocycles. The lowest BCUT2D eigenvalue weighted by Gasteiger charge is -2.37. The molecule has 1 aliphatic rings. The average molecular weight is 350 g/mol. The van der Waals surface area contributed by atoms with Crippen molar-refractivity contribution in [3.63, 3.8) is 0 Å². The third-order valence-corrected chi connectivity index (χ3v) is 4.92. The summed E-state index contributed by atoms with van der Waals surface area (Å²) in [7, 11) is 0. The van der Waals surface area contributed by atoms with Gasteiger partial charge in [-0.05, 0) is 48.9 Å². The lowest BCUT2D eigenvalue weighted by atomic mass is 9.75. The van der Waals surface area contributed by atoms with Crippen LogP contribution in [-0.2, 0) is 12.2 Å². The van der Waals surface area contributed by atoms with Gasteiger partial charge in [0.05, 0.1) is 11.5 Å². The molecule has 1 fully saturated rings. The summed E-state index contributed by atoms with van der Waals surface area (Å²) >= 11 is 0. The van der Waals surface area contributed by atoms with Crippen molar-refractivity contribution in [3.05, 3.63) is 65.7 Å².